The van der Waals surface area contributed by atoms with Crippen molar-refractivity contribution in [2.75, 3.05) is 18.8 Å². The molecule has 0 aliphatic heterocycles. The molecular weight excluding hydrogens is 246 g/mol. The van der Waals surface area contributed by atoms with Crippen molar-refractivity contribution < 1.29 is 4.79 Å². The van der Waals surface area contributed by atoms with Gasteiger partial charge in [0.25, 0.3) is 5.91 Å². The predicted octanol–water partition coefficient (Wildman–Crippen LogP) is 2.75. The zero-order chi connectivity index (χ0) is 13.1. The Morgan fingerprint density at radius 2 is 2.28 bits per heavy atom. The Hall–Kier alpha value is -1.62. The van der Waals surface area contributed by atoms with Crippen molar-refractivity contribution in [1.82, 2.24) is 9.88 Å². The van der Waals surface area contributed by atoms with Crippen LogP contribution >= 0.6 is 11.3 Å². The van der Waals surface area contributed by atoms with Gasteiger partial charge < -0.3 is 10.6 Å². The van der Waals surface area contributed by atoms with Crippen LogP contribution in [-0.4, -0.2) is 28.9 Å². The molecule has 2 N–H and O–H groups in total. The molecule has 96 valence electrons. The third kappa shape index (κ3) is 2.18. The minimum atomic E-state index is 0.0138. The fraction of sp³-hybridized carbons (Fsp3) is 0.385. The van der Waals surface area contributed by atoms with Gasteiger partial charge in [0.2, 0.25) is 0 Å². The molecule has 0 saturated carbocycles. The van der Waals surface area contributed by atoms with Gasteiger partial charge in [0.1, 0.15) is 10.4 Å². The van der Waals surface area contributed by atoms with E-state index >= 15 is 0 Å². The van der Waals surface area contributed by atoms with Crippen molar-refractivity contribution in [3.05, 3.63) is 23.2 Å². The highest BCUT2D eigenvalue weighted by Crippen LogP contribution is 2.32. The molecule has 0 spiro atoms. The molecule has 5 heteroatoms. The van der Waals surface area contributed by atoms with E-state index in [2.05, 4.69) is 11.9 Å². The van der Waals surface area contributed by atoms with Crippen LogP contribution in [0.4, 0.5) is 5.69 Å². The topological polar surface area (TPSA) is 59.2 Å². The summed E-state index contributed by atoms with van der Waals surface area (Å²) in [4.78, 5) is 19.0. The summed E-state index contributed by atoms with van der Waals surface area (Å²) in [5.41, 5.74) is 7.27. The zero-order valence-electron chi connectivity index (χ0n) is 10.6. The maximum Gasteiger partial charge on any atom is 0.266 e. The lowest BCUT2D eigenvalue weighted by Gasteiger charge is -2.19. The van der Waals surface area contributed by atoms with Gasteiger partial charge in [-0.2, -0.15) is 0 Å². The Bertz CT molecular complexity index is 564. The standard InChI is InChI=1S/C13H17N3OS/c1-3-8-16(4-2)13(17)12-10(14)11-9(18-12)6-5-7-15-11/h5-7H,3-4,8,14H2,1-2H3. The highest BCUT2D eigenvalue weighted by atomic mass is 32.1. The molecule has 0 aliphatic rings. The molecule has 2 rings (SSSR count). The van der Waals surface area contributed by atoms with Gasteiger partial charge in [0.05, 0.1) is 10.4 Å². The number of rotatable bonds is 4. The van der Waals surface area contributed by atoms with Crippen LogP contribution in [0.2, 0.25) is 0 Å². The third-order valence-electron chi connectivity index (χ3n) is 2.84. The highest BCUT2D eigenvalue weighted by Gasteiger charge is 2.20. The number of anilines is 1. The minimum absolute atomic E-state index is 0.0138. The summed E-state index contributed by atoms with van der Waals surface area (Å²) >= 11 is 1.42. The Morgan fingerprint density at radius 1 is 1.50 bits per heavy atom. The quantitative estimate of drug-likeness (QED) is 0.922. The summed E-state index contributed by atoms with van der Waals surface area (Å²) in [5.74, 6) is 0.0138. The molecule has 0 bridgehead atoms. The summed E-state index contributed by atoms with van der Waals surface area (Å²) in [6, 6.07) is 3.80. The molecule has 0 aromatic carbocycles. The van der Waals surface area contributed by atoms with E-state index in [9.17, 15) is 4.79 Å². The number of hydrogen-bond acceptors (Lipinski definition) is 4. The third-order valence-corrected chi connectivity index (χ3v) is 3.99. The molecule has 2 aromatic rings. The number of fused-ring (bicyclic) bond motifs is 1. The number of aromatic nitrogens is 1. The number of hydrogen-bond donors (Lipinski definition) is 1. The summed E-state index contributed by atoms with van der Waals surface area (Å²) in [6.07, 6.45) is 2.64. The first-order valence-corrected chi connectivity index (χ1v) is 6.92. The molecule has 4 nitrogen and oxygen atoms in total. The van der Waals surface area contributed by atoms with Crippen molar-refractivity contribution in [3.63, 3.8) is 0 Å². The van der Waals surface area contributed by atoms with Gasteiger partial charge >= 0.3 is 0 Å². The molecule has 0 unspecified atom stereocenters. The van der Waals surface area contributed by atoms with E-state index in [1.54, 1.807) is 6.20 Å². The average molecular weight is 263 g/mol. The van der Waals surface area contributed by atoms with Crippen LogP contribution < -0.4 is 5.73 Å². The molecular formula is C13H17N3OS. The first kappa shape index (κ1) is 12.8. The van der Waals surface area contributed by atoms with Gasteiger partial charge in [-0.1, -0.05) is 6.92 Å². The Kier molecular flexibility index (Phi) is 3.81. The lowest BCUT2D eigenvalue weighted by Crippen LogP contribution is -2.31. The average Bonchev–Trinajstić information content (AvgIpc) is 2.73. The minimum Gasteiger partial charge on any atom is -0.396 e. The Labute approximate surface area is 110 Å². The van der Waals surface area contributed by atoms with Crippen molar-refractivity contribution >= 4 is 33.1 Å². The van der Waals surface area contributed by atoms with Crippen molar-refractivity contribution in [3.8, 4) is 0 Å². The van der Waals surface area contributed by atoms with Crippen LogP contribution in [0.1, 0.15) is 29.9 Å². The van der Waals surface area contributed by atoms with Gasteiger partial charge in [-0.05, 0) is 25.5 Å². The number of carbonyl (C=O) groups is 1. The molecule has 0 atom stereocenters. The van der Waals surface area contributed by atoms with Gasteiger partial charge in [-0.15, -0.1) is 11.3 Å². The second-order valence-corrected chi connectivity index (χ2v) is 5.13. The first-order valence-electron chi connectivity index (χ1n) is 6.11. The van der Waals surface area contributed by atoms with Crippen LogP contribution in [0.3, 0.4) is 0 Å². The van der Waals surface area contributed by atoms with Crippen molar-refractivity contribution in [1.29, 1.82) is 0 Å². The predicted molar refractivity (Wildman–Crippen MR) is 75.9 cm³/mol. The first-order chi connectivity index (χ1) is 8.69. The zero-order valence-corrected chi connectivity index (χ0v) is 11.5. The lowest BCUT2D eigenvalue weighted by molar-refractivity contribution is 0.0770. The largest absolute Gasteiger partial charge is 0.396 e. The SMILES string of the molecule is CCCN(CC)C(=O)c1sc2cccnc2c1N. The highest BCUT2D eigenvalue weighted by molar-refractivity contribution is 7.21. The molecule has 0 fully saturated rings. The van der Waals surface area contributed by atoms with E-state index in [1.807, 2.05) is 24.0 Å². The van der Waals surface area contributed by atoms with Crippen molar-refractivity contribution in [2.24, 2.45) is 0 Å². The smallest absolute Gasteiger partial charge is 0.266 e. The summed E-state index contributed by atoms with van der Waals surface area (Å²) in [5, 5.41) is 0. The van der Waals surface area contributed by atoms with Gasteiger partial charge in [-0.3, -0.25) is 9.78 Å². The fourth-order valence-electron chi connectivity index (χ4n) is 1.92. The van der Waals surface area contributed by atoms with Crippen LogP contribution in [0.5, 0.6) is 0 Å². The van der Waals surface area contributed by atoms with Crippen LogP contribution in [0.15, 0.2) is 18.3 Å². The molecule has 2 aromatic heterocycles. The molecule has 2 heterocycles. The lowest BCUT2D eigenvalue weighted by atomic mass is 10.3. The normalized spacial score (nSPS) is 10.8. The van der Waals surface area contributed by atoms with E-state index in [-0.39, 0.29) is 5.91 Å². The van der Waals surface area contributed by atoms with Crippen LogP contribution in [0, 0.1) is 0 Å². The monoisotopic (exact) mass is 263 g/mol. The maximum atomic E-state index is 12.4. The Morgan fingerprint density at radius 3 is 2.89 bits per heavy atom. The van der Waals surface area contributed by atoms with Gasteiger partial charge in [0.15, 0.2) is 0 Å². The number of carbonyl (C=O) groups excluding carboxylic acids is 1. The summed E-state index contributed by atoms with van der Waals surface area (Å²) < 4.78 is 0.964. The molecule has 0 aliphatic carbocycles. The van der Waals surface area contributed by atoms with E-state index in [4.69, 9.17) is 5.73 Å². The van der Waals surface area contributed by atoms with E-state index in [0.29, 0.717) is 17.1 Å². The molecule has 0 saturated heterocycles. The number of nitrogens with two attached hydrogens (primary N) is 1. The second kappa shape index (κ2) is 5.35. The number of nitrogen functional groups attached to an aromatic ring is 1. The maximum absolute atomic E-state index is 12.4. The second-order valence-electron chi connectivity index (χ2n) is 4.08. The van der Waals surface area contributed by atoms with Crippen molar-refractivity contribution in [2.45, 2.75) is 20.3 Å². The number of thiophene rings is 1. The van der Waals surface area contributed by atoms with Crippen LogP contribution in [-0.2, 0) is 0 Å². The van der Waals surface area contributed by atoms with E-state index in [0.717, 1.165) is 23.2 Å². The van der Waals surface area contributed by atoms with Crippen LogP contribution in [0.25, 0.3) is 10.2 Å². The molecule has 1 amide bonds. The number of nitrogens with zero attached hydrogens (tertiary/aromatic N) is 2. The Balaban J connectivity index is 2.41. The summed E-state index contributed by atoms with van der Waals surface area (Å²) in [7, 11) is 0. The fourth-order valence-corrected chi connectivity index (χ4v) is 2.97. The van der Waals surface area contributed by atoms with E-state index in [1.165, 1.54) is 11.3 Å². The number of amides is 1. The number of pyridine rings is 1. The molecule has 0 radical (unpaired) electrons. The summed E-state index contributed by atoms with van der Waals surface area (Å²) in [6.45, 7) is 5.51. The van der Waals surface area contributed by atoms with Gasteiger partial charge in [-0.25, -0.2) is 0 Å². The van der Waals surface area contributed by atoms with E-state index < -0.39 is 0 Å². The van der Waals surface area contributed by atoms with Gasteiger partial charge in [0, 0.05) is 19.3 Å². The molecule has 18 heavy (non-hydrogen) atoms.